The van der Waals surface area contributed by atoms with Gasteiger partial charge in [-0.2, -0.15) is 0 Å². The number of carbonyl (C=O) groups excluding carboxylic acids is 2. The van der Waals surface area contributed by atoms with Crippen molar-refractivity contribution in [2.75, 3.05) is 13.1 Å². The van der Waals surface area contributed by atoms with Gasteiger partial charge in [0.2, 0.25) is 11.8 Å². The van der Waals surface area contributed by atoms with E-state index in [2.05, 4.69) is 20.5 Å². The highest BCUT2D eigenvalue weighted by molar-refractivity contribution is 5.88. The maximum Gasteiger partial charge on any atom is 0.237 e. The first kappa shape index (κ1) is 18.1. The van der Waals surface area contributed by atoms with Gasteiger partial charge in [-0.3, -0.25) is 19.5 Å². The fourth-order valence-corrected chi connectivity index (χ4v) is 3.13. The van der Waals surface area contributed by atoms with Crippen LogP contribution in [0.25, 0.3) is 0 Å². The number of aromatic nitrogens is 1. The number of pyridine rings is 1. The summed E-state index contributed by atoms with van der Waals surface area (Å²) >= 11 is 0. The Hall–Kier alpha value is -2.73. The first-order valence-electron chi connectivity index (χ1n) is 8.87. The summed E-state index contributed by atoms with van der Waals surface area (Å²) in [4.78, 5) is 31.1. The Kier molecular flexibility index (Phi) is 5.96. The lowest BCUT2D eigenvalue weighted by Gasteiger charge is -2.34. The Morgan fingerprint density at radius 3 is 2.81 bits per heavy atom. The van der Waals surface area contributed by atoms with Crippen LogP contribution < -0.4 is 10.6 Å². The van der Waals surface area contributed by atoms with Crippen molar-refractivity contribution in [3.05, 3.63) is 65.5 Å². The highest BCUT2D eigenvalue weighted by Crippen LogP contribution is 2.14. The lowest BCUT2D eigenvalue weighted by molar-refractivity contribution is -0.134. The van der Waals surface area contributed by atoms with E-state index in [4.69, 9.17) is 0 Å². The highest BCUT2D eigenvalue weighted by Gasteiger charge is 2.31. The summed E-state index contributed by atoms with van der Waals surface area (Å²) in [6.45, 7) is 4.29. The molecule has 1 aromatic carbocycles. The number of carbonyl (C=O) groups is 2. The lowest BCUT2D eigenvalue weighted by Crippen LogP contribution is -2.56. The number of aryl methyl sites for hydroxylation is 1. The second-order valence-corrected chi connectivity index (χ2v) is 6.51. The molecule has 1 fully saturated rings. The maximum absolute atomic E-state index is 12.4. The van der Waals surface area contributed by atoms with Gasteiger partial charge >= 0.3 is 0 Å². The van der Waals surface area contributed by atoms with E-state index in [9.17, 15) is 9.59 Å². The number of rotatable bonds is 6. The Morgan fingerprint density at radius 2 is 2.04 bits per heavy atom. The van der Waals surface area contributed by atoms with Gasteiger partial charge in [-0.05, 0) is 24.6 Å². The van der Waals surface area contributed by atoms with Gasteiger partial charge in [0, 0.05) is 25.3 Å². The highest BCUT2D eigenvalue weighted by atomic mass is 16.2. The number of amides is 2. The third-order valence-electron chi connectivity index (χ3n) is 4.46. The molecule has 1 aliphatic rings. The molecule has 136 valence electrons. The predicted octanol–water partition coefficient (Wildman–Crippen LogP) is 1.40. The maximum atomic E-state index is 12.4. The molecule has 0 saturated carbocycles. The van der Waals surface area contributed by atoms with Crippen molar-refractivity contribution >= 4 is 11.8 Å². The van der Waals surface area contributed by atoms with Crippen molar-refractivity contribution in [1.82, 2.24) is 20.5 Å². The van der Waals surface area contributed by atoms with Gasteiger partial charge in [0.25, 0.3) is 0 Å². The summed E-state index contributed by atoms with van der Waals surface area (Å²) in [5.41, 5.74) is 2.86. The van der Waals surface area contributed by atoms with E-state index in [0.29, 0.717) is 19.6 Å². The van der Waals surface area contributed by atoms with Crippen LogP contribution in [-0.4, -0.2) is 40.8 Å². The van der Waals surface area contributed by atoms with Crippen LogP contribution in [0.15, 0.2) is 48.5 Å². The first-order valence-corrected chi connectivity index (χ1v) is 8.87. The van der Waals surface area contributed by atoms with Gasteiger partial charge in [0.05, 0.1) is 24.7 Å². The molecule has 26 heavy (non-hydrogen) atoms. The number of piperazine rings is 1. The number of nitrogens with zero attached hydrogens (tertiary/aromatic N) is 2. The number of hydrogen-bond acceptors (Lipinski definition) is 4. The van der Waals surface area contributed by atoms with Gasteiger partial charge < -0.3 is 10.6 Å². The quantitative estimate of drug-likeness (QED) is 0.824. The second kappa shape index (κ2) is 8.58. The smallest absolute Gasteiger partial charge is 0.237 e. The summed E-state index contributed by atoms with van der Waals surface area (Å²) in [6.07, 6.45) is 0.143. The summed E-state index contributed by atoms with van der Waals surface area (Å²) in [5, 5.41) is 5.73. The minimum Gasteiger partial charge on any atom is -0.353 e. The van der Waals surface area contributed by atoms with Crippen LogP contribution in [0, 0.1) is 6.92 Å². The molecule has 2 N–H and O–H groups in total. The topological polar surface area (TPSA) is 74.3 Å². The first-order chi connectivity index (χ1) is 12.6. The molecule has 1 aliphatic heterocycles. The third-order valence-corrected chi connectivity index (χ3v) is 4.46. The van der Waals surface area contributed by atoms with Crippen molar-refractivity contribution in [3.63, 3.8) is 0 Å². The zero-order valence-corrected chi connectivity index (χ0v) is 14.9. The van der Waals surface area contributed by atoms with Crippen LogP contribution in [0.2, 0.25) is 0 Å². The fraction of sp³-hybridized carbons (Fsp3) is 0.350. The van der Waals surface area contributed by atoms with Crippen LogP contribution in [0.5, 0.6) is 0 Å². The molecule has 2 aromatic rings. The van der Waals surface area contributed by atoms with E-state index in [1.807, 2.05) is 55.5 Å². The summed E-state index contributed by atoms with van der Waals surface area (Å²) < 4.78 is 0. The second-order valence-electron chi connectivity index (χ2n) is 6.51. The van der Waals surface area contributed by atoms with E-state index in [1.54, 1.807) is 0 Å². The third kappa shape index (κ3) is 4.89. The van der Waals surface area contributed by atoms with Crippen molar-refractivity contribution in [2.24, 2.45) is 0 Å². The molecular weight excluding hydrogens is 328 g/mol. The van der Waals surface area contributed by atoms with Crippen LogP contribution in [-0.2, 0) is 22.7 Å². The average molecular weight is 352 g/mol. The standard InChI is InChI=1S/C20H24N4O2/c1-15-6-5-9-17(23-15)13-22-19(25)12-18-20(26)21-10-11-24(18)14-16-7-3-2-4-8-16/h2-9,18H,10-14H2,1H3,(H,21,26)(H,22,25). The SMILES string of the molecule is Cc1cccc(CNC(=O)CC2C(=O)NCCN2Cc2ccccc2)n1. The Bertz CT molecular complexity index is 763. The fourth-order valence-electron chi connectivity index (χ4n) is 3.13. The van der Waals surface area contributed by atoms with Crippen molar-refractivity contribution in [3.8, 4) is 0 Å². The van der Waals surface area contributed by atoms with E-state index in [-0.39, 0.29) is 18.2 Å². The Labute approximate surface area is 153 Å². The molecule has 0 bridgehead atoms. The van der Waals surface area contributed by atoms with Gasteiger partial charge in [0.1, 0.15) is 0 Å². The van der Waals surface area contributed by atoms with Crippen molar-refractivity contribution in [1.29, 1.82) is 0 Å². The van der Waals surface area contributed by atoms with Crippen LogP contribution >= 0.6 is 0 Å². The van der Waals surface area contributed by atoms with E-state index < -0.39 is 6.04 Å². The normalized spacial score (nSPS) is 17.6. The van der Waals surface area contributed by atoms with Gasteiger partial charge in [-0.1, -0.05) is 36.4 Å². The van der Waals surface area contributed by atoms with Crippen LogP contribution in [0.4, 0.5) is 0 Å². The molecule has 6 heteroatoms. The zero-order chi connectivity index (χ0) is 18.4. The monoisotopic (exact) mass is 352 g/mol. The minimum atomic E-state index is -0.450. The molecule has 3 rings (SSSR count). The Morgan fingerprint density at radius 1 is 1.23 bits per heavy atom. The molecule has 6 nitrogen and oxygen atoms in total. The largest absolute Gasteiger partial charge is 0.353 e. The number of hydrogen-bond donors (Lipinski definition) is 2. The molecule has 2 amide bonds. The molecule has 1 saturated heterocycles. The van der Waals surface area contributed by atoms with Gasteiger partial charge in [0.15, 0.2) is 0 Å². The molecular formula is C20H24N4O2. The molecule has 0 spiro atoms. The molecule has 1 unspecified atom stereocenters. The van der Waals surface area contributed by atoms with E-state index >= 15 is 0 Å². The van der Waals surface area contributed by atoms with E-state index in [0.717, 1.165) is 23.5 Å². The van der Waals surface area contributed by atoms with Gasteiger partial charge in [-0.15, -0.1) is 0 Å². The van der Waals surface area contributed by atoms with Crippen LogP contribution in [0.3, 0.4) is 0 Å². The van der Waals surface area contributed by atoms with Crippen molar-refractivity contribution in [2.45, 2.75) is 32.5 Å². The summed E-state index contributed by atoms with van der Waals surface area (Å²) in [5.74, 6) is -0.232. The summed E-state index contributed by atoms with van der Waals surface area (Å²) in [6, 6.07) is 15.3. The molecule has 1 aromatic heterocycles. The van der Waals surface area contributed by atoms with E-state index in [1.165, 1.54) is 0 Å². The number of benzene rings is 1. The molecule has 2 heterocycles. The Balaban J connectivity index is 1.59. The summed E-state index contributed by atoms with van der Waals surface area (Å²) in [7, 11) is 0. The van der Waals surface area contributed by atoms with Gasteiger partial charge in [-0.25, -0.2) is 0 Å². The molecule has 1 atom stereocenters. The molecule has 0 radical (unpaired) electrons. The predicted molar refractivity (Wildman–Crippen MR) is 99.1 cm³/mol. The van der Waals surface area contributed by atoms with Crippen LogP contribution in [0.1, 0.15) is 23.4 Å². The minimum absolute atomic E-state index is 0.0870. The zero-order valence-electron chi connectivity index (χ0n) is 14.9. The lowest BCUT2D eigenvalue weighted by atomic mass is 10.1. The molecule has 0 aliphatic carbocycles. The number of nitrogens with one attached hydrogen (secondary N) is 2. The van der Waals surface area contributed by atoms with Crippen molar-refractivity contribution < 1.29 is 9.59 Å². The average Bonchev–Trinajstić information content (AvgIpc) is 2.64.